The van der Waals surface area contributed by atoms with E-state index in [2.05, 4.69) is 4.98 Å². The van der Waals surface area contributed by atoms with Gasteiger partial charge in [0.1, 0.15) is 12.4 Å². The minimum absolute atomic E-state index is 0.0613. The van der Waals surface area contributed by atoms with Crippen LogP contribution in [0.25, 0.3) is 11.0 Å². The van der Waals surface area contributed by atoms with E-state index in [9.17, 15) is 23.3 Å². The highest BCUT2D eigenvalue weighted by atomic mass is 32.2. The van der Waals surface area contributed by atoms with Crippen molar-refractivity contribution in [1.82, 2.24) is 13.9 Å². The van der Waals surface area contributed by atoms with Gasteiger partial charge in [-0.1, -0.05) is 13.0 Å². The second-order valence-corrected chi connectivity index (χ2v) is 9.67. The van der Waals surface area contributed by atoms with Gasteiger partial charge in [-0.25, -0.2) is 18.2 Å². The molecule has 11 nitrogen and oxygen atoms in total. The monoisotopic (exact) mass is 488 g/mol. The standard InChI is InChI=1S/C22H24N4O7S/c1-2-8-25-20-7-6-18(34(30,31)24-9-11-32-12-10-24)14-19(20)23-21(25)15-33-22(27)16-4-3-5-17(13-16)26(28)29/h3-7,13-14H,2,8-12,15H2,1H3. The van der Waals surface area contributed by atoms with Gasteiger partial charge in [-0.3, -0.25) is 10.1 Å². The molecule has 1 aromatic heterocycles. The van der Waals surface area contributed by atoms with Crippen LogP contribution in [0.1, 0.15) is 29.5 Å². The number of rotatable bonds is 8. The van der Waals surface area contributed by atoms with Crippen LogP contribution in [0.5, 0.6) is 0 Å². The number of hydrogen-bond donors (Lipinski definition) is 0. The number of imidazole rings is 1. The minimum Gasteiger partial charge on any atom is -0.454 e. The summed E-state index contributed by atoms with van der Waals surface area (Å²) in [6.45, 7) is 3.71. The first-order chi connectivity index (χ1) is 16.3. The Bertz CT molecular complexity index is 1330. The van der Waals surface area contributed by atoms with Crippen LogP contribution in [0.4, 0.5) is 5.69 Å². The van der Waals surface area contributed by atoms with Crippen LogP contribution in [0.15, 0.2) is 47.4 Å². The Kier molecular flexibility index (Phi) is 6.91. The summed E-state index contributed by atoms with van der Waals surface area (Å²) < 4.78 is 39.9. The number of morpholine rings is 1. The van der Waals surface area contributed by atoms with E-state index in [-0.39, 0.29) is 22.8 Å². The van der Waals surface area contributed by atoms with Gasteiger partial charge in [0.15, 0.2) is 0 Å². The highest BCUT2D eigenvalue weighted by Gasteiger charge is 2.27. The lowest BCUT2D eigenvalue weighted by molar-refractivity contribution is -0.384. The quantitative estimate of drug-likeness (QED) is 0.268. The third-order valence-corrected chi connectivity index (χ3v) is 7.37. The molecule has 1 aliphatic heterocycles. The maximum atomic E-state index is 13.0. The van der Waals surface area contributed by atoms with Crippen LogP contribution in [-0.4, -0.2) is 59.5 Å². The van der Waals surface area contributed by atoms with Crippen molar-refractivity contribution < 1.29 is 27.6 Å². The largest absolute Gasteiger partial charge is 0.454 e. The summed E-state index contributed by atoms with van der Waals surface area (Å²) in [6.07, 6.45) is 0.783. The highest BCUT2D eigenvalue weighted by Crippen LogP contribution is 2.24. The topological polar surface area (TPSA) is 134 Å². The Morgan fingerprint density at radius 3 is 2.68 bits per heavy atom. The molecule has 2 aromatic carbocycles. The van der Waals surface area contributed by atoms with E-state index in [1.54, 1.807) is 12.1 Å². The molecular weight excluding hydrogens is 464 g/mol. The number of fused-ring (bicyclic) bond motifs is 1. The summed E-state index contributed by atoms with van der Waals surface area (Å²) in [7, 11) is -3.68. The maximum absolute atomic E-state index is 13.0. The van der Waals surface area contributed by atoms with Crippen molar-refractivity contribution in [3.8, 4) is 0 Å². The van der Waals surface area contributed by atoms with Gasteiger partial charge in [0, 0.05) is 31.8 Å². The van der Waals surface area contributed by atoms with Gasteiger partial charge >= 0.3 is 5.97 Å². The zero-order valence-corrected chi connectivity index (χ0v) is 19.4. The summed E-state index contributed by atoms with van der Waals surface area (Å²) in [6, 6.07) is 10.1. The fourth-order valence-electron chi connectivity index (χ4n) is 3.80. The molecule has 1 saturated heterocycles. The van der Waals surface area contributed by atoms with Crippen molar-refractivity contribution >= 4 is 32.7 Å². The number of esters is 1. The van der Waals surface area contributed by atoms with Crippen molar-refractivity contribution in [3.63, 3.8) is 0 Å². The van der Waals surface area contributed by atoms with E-state index in [0.717, 1.165) is 18.0 Å². The third-order valence-electron chi connectivity index (χ3n) is 5.48. The van der Waals surface area contributed by atoms with Gasteiger partial charge in [0.05, 0.1) is 39.6 Å². The number of carbonyl (C=O) groups excluding carboxylic acids is 1. The number of hydrogen-bond acceptors (Lipinski definition) is 8. The van der Waals surface area contributed by atoms with Crippen LogP contribution < -0.4 is 0 Å². The Hall–Kier alpha value is -3.35. The van der Waals surface area contributed by atoms with E-state index in [0.29, 0.717) is 44.2 Å². The number of nitrogens with zero attached hydrogens (tertiary/aromatic N) is 4. The summed E-state index contributed by atoms with van der Waals surface area (Å²) in [5, 5.41) is 11.0. The molecule has 34 heavy (non-hydrogen) atoms. The van der Waals surface area contributed by atoms with Gasteiger partial charge in [-0.15, -0.1) is 0 Å². The number of benzene rings is 2. The molecule has 0 atom stereocenters. The molecule has 0 spiro atoms. The molecule has 0 N–H and O–H groups in total. The average Bonchev–Trinajstić information content (AvgIpc) is 3.20. The van der Waals surface area contributed by atoms with Crippen molar-refractivity contribution in [2.75, 3.05) is 26.3 Å². The van der Waals surface area contributed by atoms with Crippen LogP contribution in [0.3, 0.4) is 0 Å². The maximum Gasteiger partial charge on any atom is 0.338 e. The normalized spacial score (nSPS) is 14.9. The van der Waals surface area contributed by atoms with Gasteiger partial charge < -0.3 is 14.0 Å². The number of nitro benzene ring substituents is 1. The molecule has 1 fully saturated rings. The Labute approximate surface area is 196 Å². The summed E-state index contributed by atoms with van der Waals surface area (Å²) in [4.78, 5) is 27.5. The average molecular weight is 489 g/mol. The number of non-ortho nitro benzene ring substituents is 1. The summed E-state index contributed by atoms with van der Waals surface area (Å²) >= 11 is 0. The number of aromatic nitrogens is 2. The molecule has 3 aromatic rings. The Balaban J connectivity index is 1.59. The lowest BCUT2D eigenvalue weighted by Gasteiger charge is -2.26. The predicted octanol–water partition coefficient (Wildman–Crippen LogP) is 2.73. The number of sulfonamides is 1. The van der Waals surface area contributed by atoms with E-state index < -0.39 is 20.9 Å². The van der Waals surface area contributed by atoms with Crippen molar-refractivity contribution in [1.29, 1.82) is 0 Å². The molecule has 2 heterocycles. The molecule has 180 valence electrons. The molecule has 0 saturated carbocycles. The second kappa shape index (κ2) is 9.87. The van der Waals surface area contributed by atoms with Crippen LogP contribution in [0.2, 0.25) is 0 Å². The SMILES string of the molecule is CCCn1c(COC(=O)c2cccc([N+](=O)[O-])c2)nc2cc(S(=O)(=O)N3CCOCC3)ccc21. The molecule has 12 heteroatoms. The number of ether oxygens (including phenoxy) is 2. The van der Waals surface area contributed by atoms with Gasteiger partial charge in [0.2, 0.25) is 10.0 Å². The molecule has 0 amide bonds. The Morgan fingerprint density at radius 2 is 1.97 bits per heavy atom. The fraction of sp³-hybridized carbons (Fsp3) is 0.364. The van der Waals surface area contributed by atoms with Crippen LogP contribution in [0, 0.1) is 10.1 Å². The molecule has 0 radical (unpaired) electrons. The van der Waals surface area contributed by atoms with Crippen LogP contribution >= 0.6 is 0 Å². The van der Waals surface area contributed by atoms with E-state index in [1.807, 2.05) is 11.5 Å². The van der Waals surface area contributed by atoms with Gasteiger partial charge in [-0.05, 0) is 30.7 Å². The van der Waals surface area contributed by atoms with Crippen LogP contribution in [-0.2, 0) is 32.6 Å². The zero-order valence-electron chi connectivity index (χ0n) is 18.5. The lowest BCUT2D eigenvalue weighted by atomic mass is 10.2. The summed E-state index contributed by atoms with van der Waals surface area (Å²) in [5.41, 5.74) is 1.06. The minimum atomic E-state index is -3.68. The second-order valence-electron chi connectivity index (χ2n) is 7.73. The van der Waals surface area contributed by atoms with Crippen molar-refractivity contribution in [3.05, 3.63) is 64.0 Å². The third kappa shape index (κ3) is 4.79. The number of nitro groups is 1. The number of carbonyl (C=O) groups is 1. The van der Waals surface area contributed by atoms with E-state index in [1.165, 1.54) is 28.6 Å². The molecule has 0 unspecified atom stereocenters. The first kappa shape index (κ1) is 23.8. The highest BCUT2D eigenvalue weighted by molar-refractivity contribution is 7.89. The van der Waals surface area contributed by atoms with Gasteiger partial charge in [-0.2, -0.15) is 4.31 Å². The first-order valence-electron chi connectivity index (χ1n) is 10.8. The van der Waals surface area contributed by atoms with Gasteiger partial charge in [0.25, 0.3) is 5.69 Å². The van der Waals surface area contributed by atoms with Crippen molar-refractivity contribution in [2.24, 2.45) is 0 Å². The molecule has 0 bridgehead atoms. The predicted molar refractivity (Wildman–Crippen MR) is 122 cm³/mol. The number of aryl methyl sites for hydroxylation is 1. The first-order valence-corrected chi connectivity index (χ1v) is 12.2. The fourth-order valence-corrected chi connectivity index (χ4v) is 5.23. The molecule has 1 aliphatic rings. The summed E-state index contributed by atoms with van der Waals surface area (Å²) in [5.74, 6) is -0.258. The van der Waals surface area contributed by atoms with E-state index >= 15 is 0 Å². The van der Waals surface area contributed by atoms with Crippen molar-refractivity contribution in [2.45, 2.75) is 31.4 Å². The molecule has 0 aliphatic carbocycles. The smallest absolute Gasteiger partial charge is 0.338 e. The zero-order chi connectivity index (χ0) is 24.3. The Morgan fingerprint density at radius 1 is 1.21 bits per heavy atom. The molecule has 4 rings (SSSR count). The molecular formula is C22H24N4O7S. The lowest BCUT2D eigenvalue weighted by Crippen LogP contribution is -2.40. The van der Waals surface area contributed by atoms with E-state index in [4.69, 9.17) is 9.47 Å².